The lowest BCUT2D eigenvalue weighted by atomic mass is 9.88. The molecular formula is C23H34ClNO2S. The second-order valence-corrected chi connectivity index (χ2v) is 10.7. The molecule has 0 saturated heterocycles. The summed E-state index contributed by atoms with van der Waals surface area (Å²) in [6, 6.07) is 5.54. The summed E-state index contributed by atoms with van der Waals surface area (Å²) in [7, 11) is 0. The van der Waals surface area contributed by atoms with E-state index in [0.717, 1.165) is 42.7 Å². The van der Waals surface area contributed by atoms with Crippen molar-refractivity contribution >= 4 is 40.1 Å². The Kier molecular flexibility index (Phi) is 8.44. The van der Waals surface area contributed by atoms with Gasteiger partial charge in [-0.25, -0.2) is 0 Å². The molecule has 0 N–H and O–H groups in total. The van der Waals surface area contributed by atoms with Gasteiger partial charge >= 0.3 is 0 Å². The zero-order valence-electron chi connectivity index (χ0n) is 17.9. The molecule has 0 bridgehead atoms. The normalized spacial score (nSPS) is 15.7. The summed E-state index contributed by atoms with van der Waals surface area (Å²) in [5, 5.41) is 0.659. The van der Waals surface area contributed by atoms with Gasteiger partial charge in [-0.3, -0.25) is 9.59 Å². The van der Waals surface area contributed by atoms with E-state index in [9.17, 15) is 9.59 Å². The molecule has 1 aliphatic rings. The number of hydrogen-bond acceptors (Lipinski definition) is 3. The van der Waals surface area contributed by atoms with Crippen LogP contribution in [0.2, 0.25) is 5.02 Å². The minimum Gasteiger partial charge on any atom is -0.311 e. The van der Waals surface area contributed by atoms with E-state index in [2.05, 4.69) is 13.8 Å². The molecule has 2 rings (SSSR count). The smallest absolute Gasteiger partial charge is 0.230 e. The standard InChI is InChI=1S/C23H34ClNO2S/c1-16(2)13-14-25(21(26)17-9-7-6-8-10-17)19-12-11-18(24)15-20(19)28-22(27)23(3,4)5/h11-12,15-17H,6-10,13-14H2,1-5H3. The van der Waals surface area contributed by atoms with Gasteiger partial charge in [0.15, 0.2) is 5.12 Å². The predicted molar refractivity (Wildman–Crippen MR) is 120 cm³/mol. The number of rotatable bonds is 6. The maximum absolute atomic E-state index is 13.4. The molecule has 1 aliphatic carbocycles. The zero-order valence-corrected chi connectivity index (χ0v) is 19.5. The van der Waals surface area contributed by atoms with E-state index in [-0.39, 0.29) is 16.9 Å². The van der Waals surface area contributed by atoms with Crippen LogP contribution in [0.5, 0.6) is 0 Å². The number of thioether (sulfide) groups is 1. The SMILES string of the molecule is CC(C)CCN(C(=O)C1CCCCC1)c1ccc(Cl)cc1SC(=O)C(C)(C)C. The zero-order chi connectivity index (χ0) is 20.9. The van der Waals surface area contributed by atoms with Gasteiger partial charge in [0.1, 0.15) is 0 Å². The van der Waals surface area contributed by atoms with Gasteiger partial charge in [0, 0.05) is 27.8 Å². The molecule has 5 heteroatoms. The number of anilines is 1. The fourth-order valence-corrected chi connectivity index (χ4v) is 4.56. The van der Waals surface area contributed by atoms with Crippen molar-refractivity contribution in [2.75, 3.05) is 11.4 Å². The van der Waals surface area contributed by atoms with Crippen molar-refractivity contribution in [2.45, 2.75) is 78.0 Å². The summed E-state index contributed by atoms with van der Waals surface area (Å²) < 4.78 is 0. The summed E-state index contributed by atoms with van der Waals surface area (Å²) in [6.07, 6.45) is 6.33. The first kappa shape index (κ1) is 23.3. The second-order valence-electron chi connectivity index (χ2n) is 9.26. The molecule has 1 aromatic carbocycles. The lowest BCUT2D eigenvalue weighted by Crippen LogP contribution is -2.38. The number of carbonyl (C=O) groups excluding carboxylic acids is 2. The first-order chi connectivity index (χ1) is 13.1. The summed E-state index contributed by atoms with van der Waals surface area (Å²) in [6.45, 7) is 10.8. The maximum atomic E-state index is 13.4. The topological polar surface area (TPSA) is 37.4 Å². The Morgan fingerprint density at radius 2 is 1.82 bits per heavy atom. The quantitative estimate of drug-likeness (QED) is 0.464. The Labute approximate surface area is 179 Å². The van der Waals surface area contributed by atoms with Gasteiger partial charge in [0.05, 0.1) is 5.69 Å². The number of amides is 1. The van der Waals surface area contributed by atoms with Crippen molar-refractivity contribution in [1.29, 1.82) is 0 Å². The maximum Gasteiger partial charge on any atom is 0.230 e. The number of benzene rings is 1. The third kappa shape index (κ3) is 6.52. The Hall–Kier alpha value is -1.00. The van der Waals surface area contributed by atoms with Gasteiger partial charge < -0.3 is 4.90 Å². The molecule has 156 valence electrons. The molecule has 0 aliphatic heterocycles. The lowest BCUT2D eigenvalue weighted by Gasteiger charge is -2.31. The minimum absolute atomic E-state index is 0.0740. The van der Waals surface area contributed by atoms with Crippen LogP contribution in [0.3, 0.4) is 0 Å². The summed E-state index contributed by atoms with van der Waals surface area (Å²) in [4.78, 5) is 28.8. The lowest BCUT2D eigenvalue weighted by molar-refractivity contribution is -0.123. The number of carbonyl (C=O) groups is 2. The van der Waals surface area contributed by atoms with Crippen molar-refractivity contribution in [3.05, 3.63) is 23.2 Å². The Morgan fingerprint density at radius 3 is 2.39 bits per heavy atom. The van der Waals surface area contributed by atoms with E-state index in [1.807, 2.05) is 43.9 Å². The second kappa shape index (κ2) is 10.2. The van der Waals surface area contributed by atoms with Crippen LogP contribution in [-0.4, -0.2) is 17.6 Å². The molecule has 0 heterocycles. The highest BCUT2D eigenvalue weighted by atomic mass is 35.5. The van der Waals surface area contributed by atoms with E-state index in [1.54, 1.807) is 0 Å². The minimum atomic E-state index is -0.458. The monoisotopic (exact) mass is 423 g/mol. The van der Waals surface area contributed by atoms with Crippen molar-refractivity contribution in [3.8, 4) is 0 Å². The average molecular weight is 424 g/mol. The molecular weight excluding hydrogens is 390 g/mol. The van der Waals surface area contributed by atoms with Gasteiger partial charge in [0.25, 0.3) is 0 Å². The van der Waals surface area contributed by atoms with Crippen LogP contribution in [0, 0.1) is 17.3 Å². The summed E-state index contributed by atoms with van der Waals surface area (Å²) in [5.74, 6) is 0.793. The van der Waals surface area contributed by atoms with Crippen LogP contribution in [0.15, 0.2) is 23.1 Å². The number of hydrogen-bond donors (Lipinski definition) is 0. The third-order valence-corrected chi connectivity index (χ3v) is 6.76. The fraction of sp³-hybridized carbons (Fsp3) is 0.652. The van der Waals surface area contributed by atoms with Gasteiger partial charge in [-0.2, -0.15) is 0 Å². The van der Waals surface area contributed by atoms with Gasteiger partial charge in [-0.15, -0.1) is 0 Å². The molecule has 3 nitrogen and oxygen atoms in total. The van der Waals surface area contributed by atoms with Crippen molar-refractivity contribution < 1.29 is 9.59 Å². The fourth-order valence-electron chi connectivity index (χ4n) is 3.35. The van der Waals surface area contributed by atoms with Gasteiger partial charge in [0.2, 0.25) is 5.91 Å². The van der Waals surface area contributed by atoms with E-state index in [4.69, 9.17) is 11.6 Å². The molecule has 0 aromatic heterocycles. The number of nitrogens with zero attached hydrogens (tertiary/aromatic N) is 1. The highest BCUT2D eigenvalue weighted by Gasteiger charge is 2.30. The van der Waals surface area contributed by atoms with Crippen LogP contribution in [0.25, 0.3) is 0 Å². The van der Waals surface area contributed by atoms with E-state index >= 15 is 0 Å². The highest BCUT2D eigenvalue weighted by molar-refractivity contribution is 8.13. The van der Waals surface area contributed by atoms with E-state index < -0.39 is 5.41 Å². The third-order valence-electron chi connectivity index (χ3n) is 5.18. The van der Waals surface area contributed by atoms with Crippen LogP contribution >= 0.6 is 23.4 Å². The van der Waals surface area contributed by atoms with Gasteiger partial charge in [-0.05, 0) is 55.1 Å². The van der Waals surface area contributed by atoms with Crippen LogP contribution < -0.4 is 4.90 Å². The summed E-state index contributed by atoms with van der Waals surface area (Å²) >= 11 is 7.45. The van der Waals surface area contributed by atoms with Crippen molar-refractivity contribution in [2.24, 2.45) is 17.3 Å². The average Bonchev–Trinajstić information content (AvgIpc) is 2.62. The molecule has 0 unspecified atom stereocenters. The summed E-state index contributed by atoms with van der Waals surface area (Å²) in [5.41, 5.74) is 0.364. The molecule has 1 saturated carbocycles. The largest absolute Gasteiger partial charge is 0.311 e. The Balaban J connectivity index is 2.37. The highest BCUT2D eigenvalue weighted by Crippen LogP contribution is 2.38. The van der Waals surface area contributed by atoms with Gasteiger partial charge in [-0.1, -0.05) is 65.5 Å². The molecule has 0 radical (unpaired) electrons. The number of halogens is 1. The van der Waals surface area contributed by atoms with Crippen molar-refractivity contribution in [3.63, 3.8) is 0 Å². The van der Waals surface area contributed by atoms with Crippen LogP contribution in [0.1, 0.15) is 73.1 Å². The molecule has 28 heavy (non-hydrogen) atoms. The molecule has 0 spiro atoms. The predicted octanol–water partition coefficient (Wildman–Crippen LogP) is 6.96. The Morgan fingerprint density at radius 1 is 1.18 bits per heavy atom. The molecule has 1 aromatic rings. The first-order valence-corrected chi connectivity index (χ1v) is 11.6. The molecule has 0 atom stereocenters. The molecule has 1 fully saturated rings. The first-order valence-electron chi connectivity index (χ1n) is 10.4. The molecule has 1 amide bonds. The van der Waals surface area contributed by atoms with E-state index in [1.165, 1.54) is 18.2 Å². The van der Waals surface area contributed by atoms with E-state index in [0.29, 0.717) is 17.5 Å². The van der Waals surface area contributed by atoms with Crippen LogP contribution in [-0.2, 0) is 9.59 Å². The van der Waals surface area contributed by atoms with Crippen LogP contribution in [0.4, 0.5) is 5.69 Å². The Bertz CT molecular complexity index is 690. The van der Waals surface area contributed by atoms with Crippen molar-refractivity contribution in [1.82, 2.24) is 0 Å².